The van der Waals surface area contributed by atoms with Crippen molar-refractivity contribution in [3.05, 3.63) is 83.9 Å². The molecule has 1 heterocycles. The van der Waals surface area contributed by atoms with Crippen LogP contribution < -0.4 is 22.1 Å². The van der Waals surface area contributed by atoms with Crippen molar-refractivity contribution in [2.45, 2.75) is 0 Å². The van der Waals surface area contributed by atoms with Gasteiger partial charge in [-0.3, -0.25) is 4.79 Å². The number of para-hydroxylation sites is 2. The number of carbonyl (C=O) groups excluding carboxylic acids is 1. The van der Waals surface area contributed by atoms with E-state index in [1.165, 1.54) is 0 Å². The van der Waals surface area contributed by atoms with Gasteiger partial charge in [-0.2, -0.15) is 0 Å². The van der Waals surface area contributed by atoms with E-state index in [1.807, 2.05) is 66.7 Å². The molecule has 5 heteroatoms. The van der Waals surface area contributed by atoms with E-state index in [9.17, 15) is 4.79 Å². The second-order valence-electron chi connectivity index (χ2n) is 6.09. The number of amides is 1. The average Bonchev–Trinajstić information content (AvgIpc) is 2.97. The minimum Gasteiger partial charge on any atom is -0.399 e. The van der Waals surface area contributed by atoms with Gasteiger partial charge in [-0.25, -0.2) is 0 Å². The van der Waals surface area contributed by atoms with Crippen LogP contribution in [0.25, 0.3) is 11.3 Å². The van der Waals surface area contributed by atoms with Crippen molar-refractivity contribution >= 4 is 39.9 Å². The smallest absolute Gasteiger partial charge is 0.258 e. The third kappa shape index (κ3) is 2.75. The minimum absolute atomic E-state index is 0.175. The van der Waals surface area contributed by atoms with Crippen LogP contribution in [-0.2, 0) is 4.79 Å². The van der Waals surface area contributed by atoms with Crippen LogP contribution in [0.15, 0.2) is 72.8 Å². The topological polar surface area (TPSA) is 93.2 Å². The van der Waals surface area contributed by atoms with Crippen molar-refractivity contribution in [2.75, 3.05) is 22.1 Å². The average molecular weight is 342 g/mol. The molecule has 4 rings (SSSR count). The van der Waals surface area contributed by atoms with Crippen molar-refractivity contribution < 1.29 is 4.79 Å². The number of nitrogens with one attached hydrogen (secondary N) is 2. The summed E-state index contributed by atoms with van der Waals surface area (Å²) < 4.78 is 0. The Bertz CT molecular complexity index is 1030. The lowest BCUT2D eigenvalue weighted by atomic mass is 9.99. The van der Waals surface area contributed by atoms with Crippen LogP contribution in [0.4, 0.5) is 22.7 Å². The predicted octanol–water partition coefficient (Wildman–Crippen LogP) is 3.78. The Labute approximate surface area is 151 Å². The summed E-state index contributed by atoms with van der Waals surface area (Å²) in [5.74, 6) is -0.175. The van der Waals surface area contributed by atoms with E-state index in [2.05, 4.69) is 10.6 Å². The molecule has 0 fully saturated rings. The highest BCUT2D eigenvalue weighted by Crippen LogP contribution is 2.38. The van der Waals surface area contributed by atoms with Gasteiger partial charge < -0.3 is 22.1 Å². The molecule has 3 aromatic carbocycles. The largest absolute Gasteiger partial charge is 0.399 e. The van der Waals surface area contributed by atoms with E-state index < -0.39 is 0 Å². The van der Waals surface area contributed by atoms with E-state index in [4.69, 9.17) is 11.5 Å². The van der Waals surface area contributed by atoms with Crippen molar-refractivity contribution in [3.63, 3.8) is 0 Å². The minimum atomic E-state index is -0.175. The summed E-state index contributed by atoms with van der Waals surface area (Å²) in [6.45, 7) is 0. The second-order valence-corrected chi connectivity index (χ2v) is 6.09. The molecule has 0 aromatic heterocycles. The Balaban J connectivity index is 1.94. The summed E-state index contributed by atoms with van der Waals surface area (Å²) in [7, 11) is 0. The monoisotopic (exact) mass is 342 g/mol. The van der Waals surface area contributed by atoms with Gasteiger partial charge in [-0.1, -0.05) is 42.5 Å². The Hall–Kier alpha value is -3.73. The predicted molar refractivity (Wildman–Crippen MR) is 107 cm³/mol. The van der Waals surface area contributed by atoms with Gasteiger partial charge in [0.25, 0.3) is 5.91 Å². The number of rotatable bonds is 3. The zero-order chi connectivity index (χ0) is 18.1. The molecule has 128 valence electrons. The van der Waals surface area contributed by atoms with E-state index in [0.717, 1.165) is 22.5 Å². The summed E-state index contributed by atoms with van der Waals surface area (Å²) in [5, 5.41) is 6.25. The molecule has 6 N–H and O–H groups in total. The number of hydrogen-bond donors (Lipinski definition) is 4. The number of nitrogen functional groups attached to an aromatic ring is 2. The third-order valence-corrected chi connectivity index (χ3v) is 4.32. The molecule has 0 bridgehead atoms. The molecular weight excluding hydrogens is 324 g/mol. The highest BCUT2D eigenvalue weighted by Gasteiger charge is 2.28. The first-order chi connectivity index (χ1) is 12.6. The molecule has 3 aromatic rings. The molecule has 0 atom stereocenters. The van der Waals surface area contributed by atoms with Crippen molar-refractivity contribution in [1.82, 2.24) is 0 Å². The number of hydrogen-bond acceptors (Lipinski definition) is 4. The number of benzene rings is 3. The molecule has 5 nitrogen and oxygen atoms in total. The first kappa shape index (κ1) is 15.8. The molecule has 0 saturated carbocycles. The Morgan fingerprint density at radius 2 is 1.62 bits per heavy atom. The second kappa shape index (κ2) is 6.29. The lowest BCUT2D eigenvalue weighted by molar-refractivity contribution is -0.110. The number of fused-ring (bicyclic) bond motifs is 1. The van der Waals surface area contributed by atoms with Gasteiger partial charge in [0.2, 0.25) is 0 Å². The quantitative estimate of drug-likeness (QED) is 0.430. The van der Waals surface area contributed by atoms with Crippen LogP contribution in [0.3, 0.4) is 0 Å². The molecular formula is C21H18N4O. The molecule has 0 saturated heterocycles. The zero-order valence-corrected chi connectivity index (χ0v) is 14.0. The van der Waals surface area contributed by atoms with Gasteiger partial charge >= 0.3 is 0 Å². The molecule has 26 heavy (non-hydrogen) atoms. The number of carbonyl (C=O) groups is 1. The SMILES string of the molecule is Nc1ccc2c(c1)C(=C(Nc1ccccc1N)c1ccccc1)C(=O)N2. The maximum Gasteiger partial charge on any atom is 0.258 e. The van der Waals surface area contributed by atoms with E-state index in [0.29, 0.717) is 22.6 Å². The molecule has 1 aliphatic heterocycles. The maximum atomic E-state index is 12.8. The van der Waals surface area contributed by atoms with Crippen LogP contribution in [0, 0.1) is 0 Å². The van der Waals surface area contributed by atoms with Crippen LogP contribution >= 0.6 is 0 Å². The molecule has 0 radical (unpaired) electrons. The van der Waals surface area contributed by atoms with Crippen molar-refractivity contribution in [1.29, 1.82) is 0 Å². The van der Waals surface area contributed by atoms with Crippen molar-refractivity contribution in [3.8, 4) is 0 Å². The fourth-order valence-electron chi connectivity index (χ4n) is 3.06. The van der Waals surface area contributed by atoms with Crippen LogP contribution in [0.2, 0.25) is 0 Å². The lowest BCUT2D eigenvalue weighted by Gasteiger charge is -2.16. The van der Waals surface area contributed by atoms with E-state index >= 15 is 0 Å². The van der Waals surface area contributed by atoms with Gasteiger partial charge in [0.15, 0.2) is 0 Å². The third-order valence-electron chi connectivity index (χ3n) is 4.32. The molecule has 1 aliphatic rings. The highest BCUT2D eigenvalue weighted by atomic mass is 16.2. The first-order valence-corrected chi connectivity index (χ1v) is 8.26. The molecule has 0 aliphatic carbocycles. The lowest BCUT2D eigenvalue weighted by Crippen LogP contribution is -2.10. The normalized spacial score (nSPS) is 14.5. The summed E-state index contributed by atoms with van der Waals surface area (Å²) >= 11 is 0. The van der Waals surface area contributed by atoms with E-state index in [1.54, 1.807) is 6.07 Å². The number of nitrogens with two attached hydrogens (primary N) is 2. The summed E-state index contributed by atoms with van der Waals surface area (Å²) in [5.41, 5.74) is 17.6. The van der Waals surface area contributed by atoms with Crippen LogP contribution in [-0.4, -0.2) is 5.91 Å². The maximum absolute atomic E-state index is 12.8. The fourth-order valence-corrected chi connectivity index (χ4v) is 3.06. The summed E-state index contributed by atoms with van der Waals surface area (Å²) in [6, 6.07) is 22.5. The first-order valence-electron chi connectivity index (χ1n) is 8.26. The van der Waals surface area contributed by atoms with Gasteiger partial charge in [0.05, 0.1) is 22.6 Å². The standard InChI is InChI=1S/C21H18N4O/c22-14-10-11-17-15(12-14)19(21(26)25-17)20(13-6-2-1-3-7-13)24-18-9-5-4-8-16(18)23/h1-12,24H,22-23H2,(H,25,26). The van der Waals surface area contributed by atoms with Gasteiger partial charge in [0.1, 0.15) is 0 Å². The molecule has 0 unspecified atom stereocenters. The van der Waals surface area contributed by atoms with Crippen molar-refractivity contribution in [2.24, 2.45) is 0 Å². The van der Waals surface area contributed by atoms with Gasteiger partial charge in [-0.15, -0.1) is 0 Å². The summed E-state index contributed by atoms with van der Waals surface area (Å²) in [6.07, 6.45) is 0. The fraction of sp³-hybridized carbons (Fsp3) is 0. The summed E-state index contributed by atoms with van der Waals surface area (Å²) in [4.78, 5) is 12.8. The van der Waals surface area contributed by atoms with Crippen LogP contribution in [0.1, 0.15) is 11.1 Å². The molecule has 1 amide bonds. The van der Waals surface area contributed by atoms with Gasteiger partial charge in [0, 0.05) is 16.9 Å². The highest BCUT2D eigenvalue weighted by molar-refractivity contribution is 6.37. The van der Waals surface area contributed by atoms with Crippen LogP contribution in [0.5, 0.6) is 0 Å². The molecule has 0 spiro atoms. The Morgan fingerprint density at radius 3 is 2.38 bits per heavy atom. The van der Waals surface area contributed by atoms with Gasteiger partial charge in [-0.05, 0) is 35.9 Å². The Kier molecular flexibility index (Phi) is 3.82. The zero-order valence-electron chi connectivity index (χ0n) is 14.0. The number of anilines is 4. The Morgan fingerprint density at radius 1 is 0.885 bits per heavy atom. The van der Waals surface area contributed by atoms with E-state index in [-0.39, 0.29) is 5.91 Å².